The van der Waals surface area contributed by atoms with Gasteiger partial charge in [0.2, 0.25) is 0 Å². The van der Waals surface area contributed by atoms with Gasteiger partial charge in [-0.25, -0.2) is 4.98 Å². The molecule has 3 N–H and O–H groups in total. The van der Waals surface area contributed by atoms with Gasteiger partial charge >= 0.3 is 0 Å². The Morgan fingerprint density at radius 1 is 1.45 bits per heavy atom. The highest BCUT2D eigenvalue weighted by Gasteiger charge is 2.15. The first-order valence-electron chi connectivity index (χ1n) is 6.93. The van der Waals surface area contributed by atoms with E-state index in [0.717, 1.165) is 25.2 Å². The predicted octanol–water partition coefficient (Wildman–Crippen LogP) is 1.16. The molecule has 0 amide bonds. The average Bonchev–Trinajstić information content (AvgIpc) is 2.94. The number of nitrogens with zero attached hydrogens (tertiary/aromatic N) is 3. The molecule has 1 aromatic heterocycles. The minimum atomic E-state index is 0.230. The molecule has 0 atom stereocenters. The summed E-state index contributed by atoms with van der Waals surface area (Å²) >= 11 is 0. The summed E-state index contributed by atoms with van der Waals surface area (Å²) in [6.07, 6.45) is 3.87. The van der Waals surface area contributed by atoms with E-state index in [-0.39, 0.29) is 5.84 Å². The molecule has 0 unspecified atom stereocenters. The van der Waals surface area contributed by atoms with Gasteiger partial charge in [-0.1, -0.05) is 11.2 Å². The van der Waals surface area contributed by atoms with E-state index in [0.29, 0.717) is 19.6 Å². The highest BCUT2D eigenvalue weighted by Crippen LogP contribution is 2.23. The van der Waals surface area contributed by atoms with Crippen LogP contribution < -0.4 is 10.6 Å². The molecule has 0 spiro atoms. The fourth-order valence-electron chi connectivity index (χ4n) is 2.43. The number of aromatic nitrogens is 1. The zero-order valence-corrected chi connectivity index (χ0v) is 11.9. The Hall–Kier alpha value is -1.82. The van der Waals surface area contributed by atoms with E-state index in [2.05, 4.69) is 16.1 Å². The summed E-state index contributed by atoms with van der Waals surface area (Å²) in [5.74, 6) is 1.17. The van der Waals surface area contributed by atoms with Crippen LogP contribution in [0, 0.1) is 0 Å². The lowest BCUT2D eigenvalue weighted by atomic mass is 10.2. The summed E-state index contributed by atoms with van der Waals surface area (Å²) in [5.41, 5.74) is 8.10. The maximum absolute atomic E-state index is 8.63. The second kappa shape index (κ2) is 7.09. The van der Waals surface area contributed by atoms with Gasteiger partial charge in [-0.2, -0.15) is 0 Å². The van der Waals surface area contributed by atoms with Gasteiger partial charge in [-0.15, -0.1) is 0 Å². The summed E-state index contributed by atoms with van der Waals surface area (Å²) in [6, 6.07) is 4.21. The van der Waals surface area contributed by atoms with Crippen LogP contribution >= 0.6 is 0 Å². The molecule has 0 saturated carbocycles. The number of anilines is 1. The van der Waals surface area contributed by atoms with Crippen molar-refractivity contribution in [2.45, 2.75) is 25.7 Å². The SMILES string of the molecule is COCCN(CC/C(N)=N/O)c1ccc2c(n1)CCC2. The van der Waals surface area contributed by atoms with Crippen LogP contribution in [0.25, 0.3) is 0 Å². The third-order valence-corrected chi connectivity index (χ3v) is 3.57. The molecule has 2 rings (SSSR count). The Morgan fingerprint density at radius 3 is 3.05 bits per heavy atom. The Bertz CT molecular complexity index is 476. The maximum atomic E-state index is 8.63. The zero-order chi connectivity index (χ0) is 14.4. The highest BCUT2D eigenvalue weighted by molar-refractivity contribution is 5.80. The van der Waals surface area contributed by atoms with E-state index >= 15 is 0 Å². The molecule has 110 valence electrons. The van der Waals surface area contributed by atoms with Crippen LogP contribution in [0.3, 0.4) is 0 Å². The van der Waals surface area contributed by atoms with E-state index in [1.807, 2.05) is 6.07 Å². The lowest BCUT2D eigenvalue weighted by molar-refractivity contribution is 0.205. The molecular weight excluding hydrogens is 256 g/mol. The zero-order valence-electron chi connectivity index (χ0n) is 11.9. The number of methoxy groups -OCH3 is 1. The lowest BCUT2D eigenvalue weighted by Crippen LogP contribution is -2.32. The lowest BCUT2D eigenvalue weighted by Gasteiger charge is -2.23. The van der Waals surface area contributed by atoms with E-state index in [1.54, 1.807) is 7.11 Å². The standard InChI is InChI=1S/C14H22N4O2/c1-20-10-9-18(8-7-13(15)17-19)14-6-5-11-3-2-4-12(11)16-14/h5-6,19H,2-4,7-10H2,1H3,(H2,15,17). The number of ether oxygens (including phenoxy) is 1. The van der Waals surface area contributed by atoms with Crippen molar-refractivity contribution in [3.63, 3.8) is 0 Å². The highest BCUT2D eigenvalue weighted by atomic mass is 16.5. The smallest absolute Gasteiger partial charge is 0.140 e. The largest absolute Gasteiger partial charge is 0.409 e. The minimum absolute atomic E-state index is 0.230. The molecule has 6 nitrogen and oxygen atoms in total. The Labute approximate surface area is 119 Å². The molecule has 0 fully saturated rings. The van der Waals surface area contributed by atoms with E-state index in [4.69, 9.17) is 20.7 Å². The molecule has 0 bridgehead atoms. The number of rotatable bonds is 7. The second-order valence-electron chi connectivity index (χ2n) is 4.95. The van der Waals surface area contributed by atoms with Crippen molar-refractivity contribution < 1.29 is 9.94 Å². The summed E-state index contributed by atoms with van der Waals surface area (Å²) in [4.78, 5) is 6.85. The van der Waals surface area contributed by atoms with Gasteiger partial charge in [-0.05, 0) is 30.9 Å². The van der Waals surface area contributed by atoms with Crippen LogP contribution in [0.4, 0.5) is 5.82 Å². The molecule has 1 aromatic rings. The first kappa shape index (κ1) is 14.6. The number of amidine groups is 1. The molecular formula is C14H22N4O2. The van der Waals surface area contributed by atoms with E-state index < -0.39 is 0 Å². The van der Waals surface area contributed by atoms with Crippen LogP contribution in [-0.2, 0) is 17.6 Å². The van der Waals surface area contributed by atoms with Crippen LogP contribution in [0.2, 0.25) is 0 Å². The molecule has 1 aliphatic carbocycles. The number of aryl methyl sites for hydroxylation is 2. The third kappa shape index (κ3) is 3.60. The molecule has 0 saturated heterocycles. The molecule has 6 heteroatoms. The first-order chi connectivity index (χ1) is 9.74. The minimum Gasteiger partial charge on any atom is -0.409 e. The molecule has 0 aromatic carbocycles. The first-order valence-corrected chi connectivity index (χ1v) is 6.93. The van der Waals surface area contributed by atoms with Crippen LogP contribution in [-0.4, -0.2) is 42.8 Å². The summed E-state index contributed by atoms with van der Waals surface area (Å²) in [5, 5.41) is 11.6. The number of fused-ring (bicyclic) bond motifs is 1. The van der Waals surface area contributed by atoms with Gasteiger partial charge in [0, 0.05) is 32.3 Å². The number of hydrogen-bond donors (Lipinski definition) is 2. The van der Waals surface area contributed by atoms with Crippen LogP contribution in [0.1, 0.15) is 24.1 Å². The van der Waals surface area contributed by atoms with Crippen LogP contribution in [0.15, 0.2) is 17.3 Å². The Balaban J connectivity index is 2.08. The van der Waals surface area contributed by atoms with Crippen molar-refractivity contribution in [3.8, 4) is 0 Å². The molecule has 0 radical (unpaired) electrons. The van der Waals surface area contributed by atoms with Crippen molar-refractivity contribution in [3.05, 3.63) is 23.4 Å². The normalized spacial score (nSPS) is 14.3. The quantitative estimate of drug-likeness (QED) is 0.338. The topological polar surface area (TPSA) is 84.0 Å². The number of oxime groups is 1. The number of nitrogens with two attached hydrogens (primary N) is 1. The van der Waals surface area contributed by atoms with Gasteiger partial charge in [-0.3, -0.25) is 0 Å². The monoisotopic (exact) mass is 278 g/mol. The molecule has 1 aliphatic rings. The average molecular weight is 278 g/mol. The fraction of sp³-hybridized carbons (Fsp3) is 0.571. The second-order valence-corrected chi connectivity index (χ2v) is 4.95. The summed E-state index contributed by atoms with van der Waals surface area (Å²) in [6.45, 7) is 2.01. The van der Waals surface area contributed by atoms with Gasteiger partial charge in [0.25, 0.3) is 0 Å². The maximum Gasteiger partial charge on any atom is 0.140 e. The summed E-state index contributed by atoms with van der Waals surface area (Å²) < 4.78 is 5.14. The molecule has 20 heavy (non-hydrogen) atoms. The van der Waals surface area contributed by atoms with E-state index in [1.165, 1.54) is 17.7 Å². The van der Waals surface area contributed by atoms with Crippen molar-refractivity contribution in [1.82, 2.24) is 4.98 Å². The van der Waals surface area contributed by atoms with E-state index in [9.17, 15) is 0 Å². The third-order valence-electron chi connectivity index (χ3n) is 3.57. The molecule has 1 heterocycles. The predicted molar refractivity (Wildman–Crippen MR) is 78.4 cm³/mol. The van der Waals surface area contributed by atoms with Crippen molar-refractivity contribution in [2.75, 3.05) is 31.7 Å². The van der Waals surface area contributed by atoms with Crippen molar-refractivity contribution in [2.24, 2.45) is 10.9 Å². The Morgan fingerprint density at radius 2 is 2.30 bits per heavy atom. The summed E-state index contributed by atoms with van der Waals surface area (Å²) in [7, 11) is 1.68. The van der Waals surface area contributed by atoms with Crippen molar-refractivity contribution in [1.29, 1.82) is 0 Å². The number of pyridine rings is 1. The number of hydrogen-bond acceptors (Lipinski definition) is 5. The van der Waals surface area contributed by atoms with Gasteiger partial charge < -0.3 is 20.6 Å². The van der Waals surface area contributed by atoms with Crippen LogP contribution in [0.5, 0.6) is 0 Å². The molecule has 0 aliphatic heterocycles. The Kier molecular flexibility index (Phi) is 5.17. The van der Waals surface area contributed by atoms with Gasteiger partial charge in [0.05, 0.1) is 6.61 Å². The van der Waals surface area contributed by atoms with Crippen molar-refractivity contribution >= 4 is 11.7 Å². The fourth-order valence-corrected chi connectivity index (χ4v) is 2.43. The van der Waals surface area contributed by atoms with Gasteiger partial charge in [0.15, 0.2) is 0 Å². The van der Waals surface area contributed by atoms with Gasteiger partial charge in [0.1, 0.15) is 11.7 Å².